The summed E-state index contributed by atoms with van der Waals surface area (Å²) in [6.45, 7) is 4.89. The number of hydrogen-bond donors (Lipinski definition) is 3. The minimum Gasteiger partial charge on any atom is -0.357 e. The van der Waals surface area contributed by atoms with Gasteiger partial charge in [-0.25, -0.2) is 18.1 Å². The Bertz CT molecular complexity index is 807. The van der Waals surface area contributed by atoms with Gasteiger partial charge >= 0.3 is 0 Å². The zero-order valence-electron chi connectivity index (χ0n) is 15.7. The van der Waals surface area contributed by atoms with Gasteiger partial charge < -0.3 is 15.2 Å². The van der Waals surface area contributed by atoms with Gasteiger partial charge in [-0.3, -0.25) is 0 Å². The van der Waals surface area contributed by atoms with Crippen molar-refractivity contribution in [2.45, 2.75) is 25.8 Å². The van der Waals surface area contributed by atoms with Crippen LogP contribution in [0.5, 0.6) is 0 Å². The average molecular weight is 505 g/mol. The van der Waals surface area contributed by atoms with Gasteiger partial charge in [0.05, 0.1) is 12.3 Å². The third-order valence-electron chi connectivity index (χ3n) is 3.75. The summed E-state index contributed by atoms with van der Waals surface area (Å²) in [5.41, 5.74) is 1.72. The van der Waals surface area contributed by atoms with Gasteiger partial charge in [-0.1, -0.05) is 24.3 Å². The minimum absolute atomic E-state index is 0. The molecule has 0 saturated carbocycles. The summed E-state index contributed by atoms with van der Waals surface area (Å²) in [7, 11) is -1.85. The molecule has 0 bridgehead atoms. The highest BCUT2D eigenvalue weighted by Crippen LogP contribution is 2.09. The molecule has 27 heavy (non-hydrogen) atoms. The normalized spacial score (nSPS) is 11.7. The number of aliphatic imine (C=N–C) groups is 1. The molecule has 1 aromatic heterocycles. The van der Waals surface area contributed by atoms with Crippen LogP contribution in [0.4, 0.5) is 0 Å². The lowest BCUT2D eigenvalue weighted by Crippen LogP contribution is -2.38. The quantitative estimate of drug-likeness (QED) is 0.276. The molecule has 1 aromatic carbocycles. The molecule has 0 unspecified atom stereocenters. The maximum absolute atomic E-state index is 11.7. The smallest absolute Gasteiger partial charge is 0.215 e. The van der Waals surface area contributed by atoms with E-state index in [1.54, 1.807) is 0 Å². The lowest BCUT2D eigenvalue weighted by molar-refractivity contribution is 0.587. The van der Waals surface area contributed by atoms with E-state index >= 15 is 0 Å². The van der Waals surface area contributed by atoms with E-state index in [1.807, 2.05) is 55.7 Å². The molecule has 150 valence electrons. The average Bonchev–Trinajstić information content (AvgIpc) is 3.13. The maximum Gasteiger partial charge on any atom is 0.215 e. The Balaban J connectivity index is 0.00000364. The molecule has 9 heteroatoms. The van der Waals surface area contributed by atoms with Crippen molar-refractivity contribution in [2.24, 2.45) is 4.99 Å². The van der Waals surface area contributed by atoms with Crippen LogP contribution >= 0.6 is 24.0 Å². The number of aromatic nitrogens is 1. The van der Waals surface area contributed by atoms with Gasteiger partial charge in [0.1, 0.15) is 0 Å². The van der Waals surface area contributed by atoms with E-state index in [9.17, 15) is 8.42 Å². The van der Waals surface area contributed by atoms with Crippen molar-refractivity contribution in [3.8, 4) is 0 Å². The van der Waals surface area contributed by atoms with Crippen LogP contribution in [-0.2, 0) is 28.9 Å². The van der Waals surface area contributed by atoms with E-state index < -0.39 is 10.0 Å². The monoisotopic (exact) mass is 505 g/mol. The molecular formula is C18H28IN5O2S. The molecule has 3 N–H and O–H groups in total. The number of sulfonamides is 1. The highest BCUT2D eigenvalue weighted by atomic mass is 127. The first-order valence-corrected chi connectivity index (χ1v) is 10.3. The van der Waals surface area contributed by atoms with Crippen LogP contribution in [0, 0.1) is 0 Å². The lowest BCUT2D eigenvalue weighted by atomic mass is 10.1. The summed E-state index contributed by atoms with van der Waals surface area (Å²) >= 11 is 0. The molecule has 0 amide bonds. The molecule has 2 rings (SSSR count). The third-order valence-corrected chi connectivity index (χ3v) is 5.09. The predicted octanol–water partition coefficient (Wildman–Crippen LogP) is 1.91. The number of nitrogens with one attached hydrogen (secondary N) is 3. The molecular weight excluding hydrogens is 477 g/mol. The molecule has 2 aromatic rings. The van der Waals surface area contributed by atoms with Crippen LogP contribution in [-0.4, -0.2) is 39.1 Å². The van der Waals surface area contributed by atoms with Crippen LogP contribution in [0.2, 0.25) is 0 Å². The number of guanidine groups is 1. The molecule has 7 nitrogen and oxygen atoms in total. The van der Waals surface area contributed by atoms with E-state index in [0.717, 1.165) is 36.7 Å². The number of hydrogen-bond acceptors (Lipinski definition) is 3. The van der Waals surface area contributed by atoms with Gasteiger partial charge in [0.2, 0.25) is 10.0 Å². The summed E-state index contributed by atoms with van der Waals surface area (Å²) in [6, 6.07) is 11.5. The standard InChI is InChI=1S/C18H27N5O2S.HI/c1-3-20-18(21-9-12-23-10-4-5-11-23)22-14-16-7-6-8-17(13-16)15-26(24,25)19-2;/h4-8,10-11,13,19H,3,9,12,14-15H2,1-2H3,(H2,20,21,22);1H. The van der Waals surface area contributed by atoms with Gasteiger partial charge in [-0.2, -0.15) is 0 Å². The second kappa shape index (κ2) is 12.0. The summed E-state index contributed by atoms with van der Waals surface area (Å²) in [5, 5.41) is 6.52. The Morgan fingerprint density at radius 3 is 2.48 bits per heavy atom. The van der Waals surface area contributed by atoms with Crippen LogP contribution < -0.4 is 15.4 Å². The third kappa shape index (κ3) is 8.76. The van der Waals surface area contributed by atoms with Crippen LogP contribution in [0.15, 0.2) is 53.8 Å². The van der Waals surface area contributed by atoms with E-state index in [0.29, 0.717) is 6.54 Å². The zero-order chi connectivity index (χ0) is 18.8. The Morgan fingerprint density at radius 1 is 1.11 bits per heavy atom. The summed E-state index contributed by atoms with van der Waals surface area (Å²) in [5.74, 6) is 0.712. The Hall–Kier alpha value is -1.59. The van der Waals surface area contributed by atoms with E-state index in [4.69, 9.17) is 0 Å². The zero-order valence-corrected chi connectivity index (χ0v) is 18.8. The first-order valence-electron chi connectivity index (χ1n) is 8.64. The van der Waals surface area contributed by atoms with Crippen LogP contribution in [0.1, 0.15) is 18.1 Å². The molecule has 0 fully saturated rings. The van der Waals surface area contributed by atoms with Crippen molar-refractivity contribution in [2.75, 3.05) is 20.1 Å². The molecule has 0 aliphatic rings. The number of benzene rings is 1. The van der Waals surface area contributed by atoms with Crippen molar-refractivity contribution in [3.05, 3.63) is 59.9 Å². The van der Waals surface area contributed by atoms with E-state index in [2.05, 4.69) is 24.9 Å². The summed E-state index contributed by atoms with van der Waals surface area (Å²) in [4.78, 5) is 4.58. The topological polar surface area (TPSA) is 87.5 Å². The van der Waals surface area contributed by atoms with Crippen molar-refractivity contribution in [3.63, 3.8) is 0 Å². The molecule has 0 saturated heterocycles. The first-order chi connectivity index (χ1) is 12.5. The Labute approximate surface area is 178 Å². The van der Waals surface area contributed by atoms with Crippen molar-refractivity contribution >= 4 is 40.0 Å². The van der Waals surface area contributed by atoms with Gasteiger partial charge in [0.15, 0.2) is 5.96 Å². The van der Waals surface area contributed by atoms with Gasteiger partial charge in [0.25, 0.3) is 0 Å². The second-order valence-electron chi connectivity index (χ2n) is 5.83. The summed E-state index contributed by atoms with van der Waals surface area (Å²) in [6.07, 6.45) is 4.05. The largest absolute Gasteiger partial charge is 0.357 e. The van der Waals surface area contributed by atoms with E-state index in [-0.39, 0.29) is 29.7 Å². The van der Waals surface area contributed by atoms with Gasteiger partial charge in [-0.15, -0.1) is 24.0 Å². The molecule has 0 aliphatic carbocycles. The fourth-order valence-corrected chi connectivity index (χ4v) is 3.21. The Morgan fingerprint density at radius 2 is 1.81 bits per heavy atom. The van der Waals surface area contributed by atoms with E-state index in [1.165, 1.54) is 7.05 Å². The number of halogens is 1. The molecule has 0 radical (unpaired) electrons. The number of nitrogens with zero attached hydrogens (tertiary/aromatic N) is 2. The summed E-state index contributed by atoms with van der Waals surface area (Å²) < 4.78 is 27.8. The van der Waals surface area contributed by atoms with Crippen molar-refractivity contribution in [1.29, 1.82) is 0 Å². The first kappa shape index (κ1) is 23.4. The fourth-order valence-electron chi connectivity index (χ4n) is 2.44. The highest BCUT2D eigenvalue weighted by Gasteiger charge is 2.08. The maximum atomic E-state index is 11.7. The number of rotatable bonds is 9. The molecule has 0 aliphatic heterocycles. The van der Waals surface area contributed by atoms with Crippen molar-refractivity contribution < 1.29 is 8.42 Å². The molecule has 0 spiro atoms. The molecule has 0 atom stereocenters. The lowest BCUT2D eigenvalue weighted by Gasteiger charge is -2.12. The van der Waals surface area contributed by atoms with Crippen molar-refractivity contribution in [1.82, 2.24) is 19.9 Å². The molecule has 1 heterocycles. The SMILES string of the molecule is CCNC(=NCc1cccc(CS(=O)(=O)NC)c1)NCCn1cccc1.I. The fraction of sp³-hybridized carbons (Fsp3) is 0.389. The van der Waals surface area contributed by atoms with Gasteiger partial charge in [0, 0.05) is 32.0 Å². The minimum atomic E-state index is -3.28. The second-order valence-corrected chi connectivity index (χ2v) is 7.75. The van der Waals surface area contributed by atoms with Crippen LogP contribution in [0.3, 0.4) is 0 Å². The Kier molecular flexibility index (Phi) is 10.4. The van der Waals surface area contributed by atoms with Crippen LogP contribution in [0.25, 0.3) is 0 Å². The van der Waals surface area contributed by atoms with Gasteiger partial charge in [-0.05, 0) is 37.2 Å². The predicted molar refractivity (Wildman–Crippen MR) is 121 cm³/mol. The highest BCUT2D eigenvalue weighted by molar-refractivity contribution is 14.0.